The van der Waals surface area contributed by atoms with Gasteiger partial charge in [0.2, 0.25) is 0 Å². The highest BCUT2D eigenvalue weighted by Crippen LogP contribution is 2.32. The normalized spacial score (nSPS) is 11.5. The highest BCUT2D eigenvalue weighted by atomic mass is 32.2. The van der Waals surface area contributed by atoms with Crippen molar-refractivity contribution in [1.29, 1.82) is 0 Å². The van der Waals surface area contributed by atoms with Crippen molar-refractivity contribution in [3.8, 4) is 11.5 Å². The van der Waals surface area contributed by atoms with Crippen molar-refractivity contribution in [1.82, 2.24) is 15.2 Å². The molecule has 1 N–H and O–H groups in total. The third kappa shape index (κ3) is 3.13. The summed E-state index contributed by atoms with van der Waals surface area (Å²) in [5.74, 6) is 0.994. The second kappa shape index (κ2) is 6.93. The number of nitrogens with zero attached hydrogens (tertiary/aromatic N) is 2. The molecular weight excluding hydrogens is 386 g/mol. The number of benzene rings is 2. The van der Waals surface area contributed by atoms with Gasteiger partial charge in [-0.1, -0.05) is 42.1 Å². The van der Waals surface area contributed by atoms with Crippen molar-refractivity contribution < 1.29 is 8.83 Å². The third-order valence-corrected chi connectivity index (χ3v) is 5.96. The number of aromatic amines is 1. The minimum Gasteiger partial charge on any atom is -0.422 e. The molecule has 2 aromatic carbocycles. The number of fused-ring (bicyclic) bond motifs is 2. The Kier molecular flexibility index (Phi) is 4.24. The molecule has 0 aliphatic rings. The summed E-state index contributed by atoms with van der Waals surface area (Å²) in [5.41, 5.74) is 5.12. The van der Waals surface area contributed by atoms with E-state index in [4.69, 9.17) is 8.83 Å². The molecule has 0 unspecified atom stereocenters. The van der Waals surface area contributed by atoms with E-state index in [0.717, 1.165) is 38.5 Å². The Labute approximate surface area is 170 Å². The standard InChI is InChI=1S/C22H17N3O3S/c1-12-7-8-15-14(9-19(26)27-20(15)13(12)2)11-29-22-25-24-21(28-22)17-10-23-18-6-4-3-5-16(17)18/h3-10,23H,11H2,1-2H3. The first-order chi connectivity index (χ1) is 14.1. The van der Waals surface area contributed by atoms with E-state index in [1.807, 2.05) is 56.4 Å². The maximum atomic E-state index is 12.0. The average Bonchev–Trinajstić information content (AvgIpc) is 3.36. The van der Waals surface area contributed by atoms with Crippen LogP contribution in [0.15, 0.2) is 67.5 Å². The van der Waals surface area contributed by atoms with E-state index < -0.39 is 0 Å². The Morgan fingerprint density at radius 1 is 1.03 bits per heavy atom. The van der Waals surface area contributed by atoms with Crippen molar-refractivity contribution in [3.05, 3.63) is 75.8 Å². The predicted molar refractivity (Wildman–Crippen MR) is 113 cm³/mol. The maximum Gasteiger partial charge on any atom is 0.336 e. The molecule has 0 fully saturated rings. The van der Waals surface area contributed by atoms with Crippen molar-refractivity contribution >= 4 is 33.6 Å². The zero-order valence-electron chi connectivity index (χ0n) is 15.9. The lowest BCUT2D eigenvalue weighted by molar-refractivity contribution is 0.466. The van der Waals surface area contributed by atoms with Gasteiger partial charge in [0.15, 0.2) is 0 Å². The fraction of sp³-hybridized carbons (Fsp3) is 0.136. The summed E-state index contributed by atoms with van der Waals surface area (Å²) in [5, 5.41) is 10.8. The van der Waals surface area contributed by atoms with Gasteiger partial charge in [0.25, 0.3) is 11.1 Å². The molecule has 7 heteroatoms. The van der Waals surface area contributed by atoms with Crippen LogP contribution in [0.5, 0.6) is 0 Å². The second-order valence-electron chi connectivity index (χ2n) is 6.88. The van der Waals surface area contributed by atoms with E-state index in [2.05, 4.69) is 15.2 Å². The summed E-state index contributed by atoms with van der Waals surface area (Å²) in [7, 11) is 0. The average molecular weight is 403 g/mol. The Morgan fingerprint density at radius 3 is 2.79 bits per heavy atom. The minimum absolute atomic E-state index is 0.355. The van der Waals surface area contributed by atoms with Crippen LogP contribution in [0, 0.1) is 13.8 Å². The van der Waals surface area contributed by atoms with Gasteiger partial charge in [0, 0.05) is 34.3 Å². The lowest BCUT2D eigenvalue weighted by atomic mass is 10.0. The van der Waals surface area contributed by atoms with Crippen LogP contribution in [-0.2, 0) is 5.75 Å². The molecule has 6 nitrogen and oxygen atoms in total. The van der Waals surface area contributed by atoms with Crippen LogP contribution in [0.3, 0.4) is 0 Å². The number of H-pyrrole nitrogens is 1. The summed E-state index contributed by atoms with van der Waals surface area (Å²) in [6.07, 6.45) is 1.87. The molecular formula is C22H17N3O3S. The fourth-order valence-electron chi connectivity index (χ4n) is 3.41. The van der Waals surface area contributed by atoms with Crippen LogP contribution >= 0.6 is 11.8 Å². The molecule has 3 aromatic heterocycles. The number of hydrogen-bond donors (Lipinski definition) is 1. The van der Waals surface area contributed by atoms with Gasteiger partial charge >= 0.3 is 5.63 Å². The van der Waals surface area contributed by atoms with E-state index in [1.54, 1.807) is 0 Å². The number of nitrogens with one attached hydrogen (secondary N) is 1. The van der Waals surface area contributed by atoms with Crippen LogP contribution in [0.1, 0.15) is 16.7 Å². The maximum absolute atomic E-state index is 12.0. The Hall–Kier alpha value is -3.32. The number of aromatic nitrogens is 3. The van der Waals surface area contributed by atoms with Crippen LogP contribution in [0.4, 0.5) is 0 Å². The minimum atomic E-state index is -0.355. The van der Waals surface area contributed by atoms with Crippen molar-refractivity contribution in [2.24, 2.45) is 0 Å². The van der Waals surface area contributed by atoms with Crippen LogP contribution in [-0.4, -0.2) is 15.2 Å². The van der Waals surface area contributed by atoms with E-state index in [9.17, 15) is 4.79 Å². The van der Waals surface area contributed by atoms with Crippen LogP contribution < -0.4 is 5.63 Å². The Morgan fingerprint density at radius 2 is 1.90 bits per heavy atom. The second-order valence-corrected chi connectivity index (χ2v) is 7.81. The van der Waals surface area contributed by atoms with Gasteiger partial charge < -0.3 is 13.8 Å². The lowest BCUT2D eigenvalue weighted by Gasteiger charge is -2.07. The zero-order chi connectivity index (χ0) is 20.0. The molecule has 0 radical (unpaired) electrons. The first-order valence-electron chi connectivity index (χ1n) is 9.16. The first kappa shape index (κ1) is 17.8. The molecule has 144 valence electrons. The molecule has 29 heavy (non-hydrogen) atoms. The number of hydrogen-bond acceptors (Lipinski definition) is 6. The summed E-state index contributed by atoms with van der Waals surface area (Å²) in [4.78, 5) is 15.2. The Bertz CT molecular complexity index is 1410. The van der Waals surface area contributed by atoms with E-state index >= 15 is 0 Å². The van der Waals surface area contributed by atoms with Crippen LogP contribution in [0.2, 0.25) is 0 Å². The molecule has 0 bridgehead atoms. The van der Waals surface area contributed by atoms with Gasteiger partial charge in [-0.25, -0.2) is 4.79 Å². The lowest BCUT2D eigenvalue weighted by Crippen LogP contribution is -2.01. The summed E-state index contributed by atoms with van der Waals surface area (Å²) >= 11 is 1.40. The molecule has 0 aliphatic carbocycles. The highest BCUT2D eigenvalue weighted by molar-refractivity contribution is 7.98. The zero-order valence-corrected chi connectivity index (χ0v) is 16.7. The van der Waals surface area contributed by atoms with E-state index in [1.165, 1.54) is 17.8 Å². The summed E-state index contributed by atoms with van der Waals surface area (Å²) in [6, 6.07) is 13.5. The first-order valence-corrected chi connectivity index (χ1v) is 10.1. The number of para-hydroxylation sites is 1. The molecule has 0 amide bonds. The smallest absolute Gasteiger partial charge is 0.336 e. The van der Waals surface area contributed by atoms with Gasteiger partial charge in [-0.2, -0.15) is 0 Å². The van der Waals surface area contributed by atoms with Crippen molar-refractivity contribution in [3.63, 3.8) is 0 Å². The molecule has 5 aromatic rings. The number of rotatable bonds is 4. The summed E-state index contributed by atoms with van der Waals surface area (Å²) < 4.78 is 11.3. The largest absolute Gasteiger partial charge is 0.422 e. The van der Waals surface area contributed by atoms with Gasteiger partial charge in [-0.3, -0.25) is 0 Å². The molecule has 0 spiro atoms. The topological polar surface area (TPSA) is 84.9 Å². The van der Waals surface area contributed by atoms with Gasteiger partial charge in [-0.15, -0.1) is 10.2 Å². The molecule has 0 atom stereocenters. The summed E-state index contributed by atoms with van der Waals surface area (Å²) in [6.45, 7) is 3.96. The predicted octanol–water partition coefficient (Wildman–Crippen LogP) is 5.23. The van der Waals surface area contributed by atoms with Gasteiger partial charge in [0.05, 0.1) is 5.56 Å². The number of thioether (sulfide) groups is 1. The SMILES string of the molecule is Cc1ccc2c(CSc3nnc(-c4c[nH]c5ccccc45)o3)cc(=O)oc2c1C. The third-order valence-electron chi connectivity index (χ3n) is 5.09. The fourth-order valence-corrected chi connectivity index (χ4v) is 4.16. The van der Waals surface area contributed by atoms with Gasteiger partial charge in [-0.05, 0) is 36.6 Å². The molecule has 0 saturated heterocycles. The molecule has 5 rings (SSSR count). The quantitative estimate of drug-likeness (QED) is 0.327. The van der Waals surface area contributed by atoms with Crippen molar-refractivity contribution in [2.45, 2.75) is 24.8 Å². The highest BCUT2D eigenvalue weighted by Gasteiger charge is 2.15. The van der Waals surface area contributed by atoms with E-state index in [0.29, 0.717) is 22.4 Å². The van der Waals surface area contributed by atoms with Crippen molar-refractivity contribution in [2.75, 3.05) is 0 Å². The van der Waals surface area contributed by atoms with Gasteiger partial charge in [0.1, 0.15) is 5.58 Å². The molecule has 0 aliphatic heterocycles. The Balaban J connectivity index is 1.44. The number of aryl methyl sites for hydroxylation is 2. The van der Waals surface area contributed by atoms with E-state index in [-0.39, 0.29) is 5.63 Å². The molecule has 0 saturated carbocycles. The molecule has 3 heterocycles. The van der Waals surface area contributed by atoms with Crippen LogP contribution in [0.25, 0.3) is 33.3 Å². The monoisotopic (exact) mass is 403 g/mol.